The van der Waals surface area contributed by atoms with Gasteiger partial charge in [0.25, 0.3) is 10.0 Å². The molecular formula is C31H39N3O5S. The molecule has 3 aromatic carbocycles. The number of nitrogens with zero attached hydrogens (tertiary/aromatic N) is 2. The maximum absolute atomic E-state index is 14.1. The van der Waals surface area contributed by atoms with Crippen LogP contribution in [0.3, 0.4) is 0 Å². The first-order chi connectivity index (χ1) is 19.2. The molecular weight excluding hydrogens is 526 g/mol. The van der Waals surface area contributed by atoms with E-state index in [1.54, 1.807) is 42.5 Å². The van der Waals surface area contributed by atoms with Crippen molar-refractivity contribution < 1.29 is 22.7 Å². The first-order valence-electron chi connectivity index (χ1n) is 13.6. The van der Waals surface area contributed by atoms with Gasteiger partial charge in [-0.2, -0.15) is 0 Å². The van der Waals surface area contributed by atoms with Crippen molar-refractivity contribution in [2.24, 2.45) is 0 Å². The number of carbonyl (C=O) groups is 2. The topological polar surface area (TPSA) is 96.0 Å². The number of anilines is 1. The lowest BCUT2D eigenvalue weighted by molar-refractivity contribution is -0.139. The second kappa shape index (κ2) is 14.5. The Morgan fingerprint density at radius 1 is 0.875 bits per heavy atom. The molecule has 0 heterocycles. The number of ether oxygens (including phenoxy) is 1. The van der Waals surface area contributed by atoms with Gasteiger partial charge in [-0.25, -0.2) is 8.42 Å². The number of hydrogen-bond donors (Lipinski definition) is 1. The Morgan fingerprint density at radius 2 is 1.48 bits per heavy atom. The molecule has 0 aliphatic rings. The van der Waals surface area contributed by atoms with Crippen molar-refractivity contribution >= 4 is 27.5 Å². The summed E-state index contributed by atoms with van der Waals surface area (Å²) in [6, 6.07) is 23.5. The van der Waals surface area contributed by atoms with Crippen LogP contribution in [0.25, 0.3) is 0 Å². The zero-order valence-electron chi connectivity index (χ0n) is 23.6. The van der Waals surface area contributed by atoms with Gasteiger partial charge in [-0.15, -0.1) is 0 Å². The van der Waals surface area contributed by atoms with Gasteiger partial charge in [0, 0.05) is 12.6 Å². The van der Waals surface area contributed by atoms with Crippen molar-refractivity contribution in [3.63, 3.8) is 0 Å². The van der Waals surface area contributed by atoms with Crippen molar-refractivity contribution in [2.75, 3.05) is 24.5 Å². The minimum absolute atomic E-state index is 0.0473. The van der Waals surface area contributed by atoms with Gasteiger partial charge in [-0.1, -0.05) is 74.5 Å². The minimum atomic E-state index is -4.15. The van der Waals surface area contributed by atoms with Gasteiger partial charge in [0.15, 0.2) is 0 Å². The number of rotatable bonds is 14. The molecule has 40 heavy (non-hydrogen) atoms. The summed E-state index contributed by atoms with van der Waals surface area (Å²) in [5.74, 6) is -0.423. The van der Waals surface area contributed by atoms with Crippen LogP contribution >= 0.6 is 0 Å². The standard InChI is InChI=1S/C31H39N3O5S/c1-5-24(3)32-31(36)27(6-2)33(22-21-25-15-9-7-10-16-25)30(35)23-34(28-19-13-14-20-29(28)39-4)40(37,38)26-17-11-8-12-18-26/h7-20,24,27H,5-6,21-23H2,1-4H3,(H,32,36)/t24-,27-/m0/s1. The van der Waals surface area contributed by atoms with E-state index >= 15 is 0 Å². The molecule has 2 atom stereocenters. The van der Waals surface area contributed by atoms with Gasteiger partial charge >= 0.3 is 0 Å². The van der Waals surface area contributed by atoms with Crippen LogP contribution in [0.5, 0.6) is 5.75 Å². The first-order valence-corrected chi connectivity index (χ1v) is 15.0. The maximum Gasteiger partial charge on any atom is 0.264 e. The average molecular weight is 566 g/mol. The molecule has 2 amide bonds. The molecule has 0 fully saturated rings. The van der Waals surface area contributed by atoms with Crippen LogP contribution in [0.2, 0.25) is 0 Å². The molecule has 8 nitrogen and oxygen atoms in total. The Morgan fingerprint density at radius 3 is 2.08 bits per heavy atom. The Kier molecular flexibility index (Phi) is 11.1. The number of benzene rings is 3. The average Bonchev–Trinajstić information content (AvgIpc) is 2.98. The maximum atomic E-state index is 14.1. The van der Waals surface area contributed by atoms with Crippen LogP contribution < -0.4 is 14.4 Å². The van der Waals surface area contributed by atoms with E-state index in [0.717, 1.165) is 16.3 Å². The van der Waals surface area contributed by atoms with Gasteiger partial charge in [0.05, 0.1) is 17.7 Å². The zero-order chi connectivity index (χ0) is 29.1. The second-order valence-corrected chi connectivity index (χ2v) is 11.4. The SMILES string of the molecule is CC[C@H](C)NC(=O)[C@H](CC)N(CCc1ccccc1)C(=O)CN(c1ccccc1OC)S(=O)(=O)c1ccccc1. The summed E-state index contributed by atoms with van der Waals surface area (Å²) < 4.78 is 34.4. The summed E-state index contributed by atoms with van der Waals surface area (Å²) in [7, 11) is -2.70. The van der Waals surface area contributed by atoms with Gasteiger partial charge in [-0.05, 0) is 56.0 Å². The van der Waals surface area contributed by atoms with E-state index in [9.17, 15) is 18.0 Å². The number of amides is 2. The van der Waals surface area contributed by atoms with Crippen LogP contribution in [0.1, 0.15) is 39.2 Å². The number of carbonyl (C=O) groups excluding carboxylic acids is 2. The van der Waals surface area contributed by atoms with E-state index in [2.05, 4.69) is 5.32 Å². The molecule has 0 spiro atoms. The Balaban J connectivity index is 2.03. The lowest BCUT2D eigenvalue weighted by Gasteiger charge is -2.34. The minimum Gasteiger partial charge on any atom is -0.495 e. The van der Waals surface area contributed by atoms with E-state index in [1.807, 2.05) is 51.1 Å². The van der Waals surface area contributed by atoms with E-state index in [0.29, 0.717) is 18.6 Å². The van der Waals surface area contributed by atoms with Crippen molar-refractivity contribution in [1.82, 2.24) is 10.2 Å². The van der Waals surface area contributed by atoms with E-state index in [-0.39, 0.29) is 29.1 Å². The molecule has 0 aromatic heterocycles. The fourth-order valence-electron chi connectivity index (χ4n) is 4.41. The van der Waals surface area contributed by atoms with Crippen molar-refractivity contribution in [3.8, 4) is 5.75 Å². The van der Waals surface area contributed by atoms with Crippen LogP contribution in [0.15, 0.2) is 89.8 Å². The summed E-state index contributed by atoms with van der Waals surface area (Å²) in [5.41, 5.74) is 1.25. The van der Waals surface area contributed by atoms with Crippen molar-refractivity contribution in [2.45, 2.75) is 57.0 Å². The molecule has 3 rings (SSSR count). The molecule has 0 saturated heterocycles. The number of nitrogens with one attached hydrogen (secondary N) is 1. The molecule has 1 N–H and O–H groups in total. The lowest BCUT2D eigenvalue weighted by Crippen LogP contribution is -2.54. The number of methoxy groups -OCH3 is 1. The number of hydrogen-bond acceptors (Lipinski definition) is 5. The van der Waals surface area contributed by atoms with Gasteiger partial charge in [0.2, 0.25) is 11.8 Å². The third-order valence-electron chi connectivity index (χ3n) is 6.84. The largest absolute Gasteiger partial charge is 0.495 e. The Labute approximate surface area is 238 Å². The lowest BCUT2D eigenvalue weighted by atomic mass is 10.1. The fourth-order valence-corrected chi connectivity index (χ4v) is 5.85. The highest BCUT2D eigenvalue weighted by molar-refractivity contribution is 7.92. The summed E-state index contributed by atoms with van der Waals surface area (Å²) >= 11 is 0. The molecule has 9 heteroatoms. The molecule has 0 aliphatic carbocycles. The Hall–Kier alpha value is -3.85. The summed E-state index contributed by atoms with van der Waals surface area (Å²) in [6.45, 7) is 5.49. The van der Waals surface area contributed by atoms with Crippen molar-refractivity contribution in [3.05, 3.63) is 90.5 Å². The number of sulfonamides is 1. The van der Waals surface area contributed by atoms with Crippen LogP contribution in [-0.4, -0.2) is 57.4 Å². The summed E-state index contributed by atoms with van der Waals surface area (Å²) in [6.07, 6.45) is 1.64. The Bertz CT molecular complexity index is 1350. The van der Waals surface area contributed by atoms with Crippen LogP contribution in [0, 0.1) is 0 Å². The molecule has 0 unspecified atom stereocenters. The zero-order valence-corrected chi connectivity index (χ0v) is 24.4. The van der Waals surface area contributed by atoms with Gasteiger partial charge in [0.1, 0.15) is 18.3 Å². The fraction of sp³-hybridized carbons (Fsp3) is 0.355. The molecule has 0 aliphatic heterocycles. The second-order valence-electron chi connectivity index (χ2n) is 9.56. The molecule has 0 bridgehead atoms. The quantitative estimate of drug-likeness (QED) is 0.307. The van der Waals surface area contributed by atoms with Gasteiger partial charge in [-0.3, -0.25) is 13.9 Å². The van der Waals surface area contributed by atoms with Crippen LogP contribution in [-0.2, 0) is 26.0 Å². The van der Waals surface area contributed by atoms with Gasteiger partial charge < -0.3 is 15.0 Å². The monoisotopic (exact) mass is 565 g/mol. The van der Waals surface area contributed by atoms with E-state index in [1.165, 1.54) is 24.1 Å². The third-order valence-corrected chi connectivity index (χ3v) is 8.61. The highest BCUT2D eigenvalue weighted by atomic mass is 32.2. The summed E-state index contributed by atoms with van der Waals surface area (Å²) in [4.78, 5) is 29.0. The van der Waals surface area contributed by atoms with E-state index < -0.39 is 28.5 Å². The van der Waals surface area contributed by atoms with Crippen LogP contribution in [0.4, 0.5) is 5.69 Å². The predicted octanol–water partition coefficient (Wildman–Crippen LogP) is 4.66. The molecule has 0 radical (unpaired) electrons. The van der Waals surface area contributed by atoms with Crippen molar-refractivity contribution in [1.29, 1.82) is 0 Å². The predicted molar refractivity (Wildman–Crippen MR) is 158 cm³/mol. The summed E-state index contributed by atoms with van der Waals surface area (Å²) in [5, 5.41) is 2.99. The highest BCUT2D eigenvalue weighted by Gasteiger charge is 2.34. The molecule has 3 aromatic rings. The normalized spacial score (nSPS) is 12.7. The molecule has 0 saturated carbocycles. The molecule has 214 valence electrons. The third kappa shape index (κ3) is 7.63. The van der Waals surface area contributed by atoms with E-state index in [4.69, 9.17) is 4.74 Å². The first kappa shape index (κ1) is 30.7. The number of para-hydroxylation sites is 2. The smallest absolute Gasteiger partial charge is 0.264 e. The highest BCUT2D eigenvalue weighted by Crippen LogP contribution is 2.32.